The van der Waals surface area contributed by atoms with E-state index in [1.54, 1.807) is 6.33 Å². The number of aromatic nitrogens is 2. The number of hydrogen-bond donors (Lipinski definition) is 2. The Labute approximate surface area is 140 Å². The van der Waals surface area contributed by atoms with Gasteiger partial charge in [-0.2, -0.15) is 0 Å². The topological polar surface area (TPSA) is 49.8 Å². The molecule has 4 heteroatoms. The van der Waals surface area contributed by atoms with Crippen LogP contribution >= 0.6 is 0 Å². The molecular weight excluding hydrogens is 296 g/mol. The number of benzene rings is 3. The van der Waals surface area contributed by atoms with E-state index in [9.17, 15) is 0 Å². The Bertz CT molecular complexity index is 945. The van der Waals surface area contributed by atoms with E-state index in [-0.39, 0.29) is 0 Å². The molecule has 2 N–H and O–H groups in total. The number of rotatable bonds is 4. The summed E-state index contributed by atoms with van der Waals surface area (Å²) >= 11 is 0. The molecule has 24 heavy (non-hydrogen) atoms. The zero-order valence-corrected chi connectivity index (χ0v) is 13.0. The SMILES string of the molecule is c1ccc(Nc2ccc(Nc3ncnc4ccccc34)cc2)cc1. The van der Waals surface area contributed by atoms with Gasteiger partial charge in [0.1, 0.15) is 12.1 Å². The molecule has 1 heterocycles. The van der Waals surface area contributed by atoms with Crippen molar-refractivity contribution in [3.8, 4) is 0 Å². The molecule has 4 aromatic rings. The van der Waals surface area contributed by atoms with Gasteiger partial charge >= 0.3 is 0 Å². The molecule has 0 fully saturated rings. The van der Waals surface area contributed by atoms with Crippen molar-refractivity contribution in [1.29, 1.82) is 0 Å². The van der Waals surface area contributed by atoms with Gasteiger partial charge in [-0.15, -0.1) is 0 Å². The molecule has 0 saturated heterocycles. The Balaban J connectivity index is 1.55. The van der Waals surface area contributed by atoms with E-state index < -0.39 is 0 Å². The molecule has 4 rings (SSSR count). The summed E-state index contributed by atoms with van der Waals surface area (Å²) in [6.45, 7) is 0. The Morgan fingerprint density at radius 1 is 0.542 bits per heavy atom. The third-order valence-corrected chi connectivity index (χ3v) is 3.75. The summed E-state index contributed by atoms with van der Waals surface area (Å²) in [4.78, 5) is 8.64. The first-order valence-electron chi connectivity index (χ1n) is 7.77. The van der Waals surface area contributed by atoms with Crippen LogP contribution in [-0.4, -0.2) is 9.97 Å². The fraction of sp³-hybridized carbons (Fsp3) is 0. The number of nitrogens with zero attached hydrogens (tertiary/aromatic N) is 2. The van der Waals surface area contributed by atoms with Gasteiger partial charge in [0.2, 0.25) is 0 Å². The van der Waals surface area contributed by atoms with E-state index in [4.69, 9.17) is 0 Å². The maximum atomic E-state index is 4.35. The van der Waals surface area contributed by atoms with Crippen LogP contribution in [0.2, 0.25) is 0 Å². The van der Waals surface area contributed by atoms with E-state index in [2.05, 4.69) is 20.6 Å². The molecule has 0 radical (unpaired) electrons. The number of anilines is 4. The molecular formula is C20H16N4. The molecule has 0 amide bonds. The Morgan fingerprint density at radius 3 is 1.96 bits per heavy atom. The number of para-hydroxylation sites is 2. The second-order valence-electron chi connectivity index (χ2n) is 5.43. The van der Waals surface area contributed by atoms with Gasteiger partial charge in [0.15, 0.2) is 0 Å². The minimum atomic E-state index is 0.810. The molecule has 0 aliphatic rings. The van der Waals surface area contributed by atoms with Gasteiger partial charge < -0.3 is 10.6 Å². The van der Waals surface area contributed by atoms with Crippen LogP contribution in [-0.2, 0) is 0 Å². The van der Waals surface area contributed by atoms with Crippen LogP contribution in [0.3, 0.4) is 0 Å². The molecule has 116 valence electrons. The fourth-order valence-electron chi connectivity index (χ4n) is 2.57. The highest BCUT2D eigenvalue weighted by atomic mass is 15.0. The average Bonchev–Trinajstić information content (AvgIpc) is 2.65. The molecule has 3 aromatic carbocycles. The van der Waals surface area contributed by atoms with Crippen LogP contribution in [0.4, 0.5) is 22.9 Å². The Kier molecular flexibility index (Phi) is 3.78. The molecule has 0 aliphatic heterocycles. The van der Waals surface area contributed by atoms with Crippen molar-refractivity contribution in [3.63, 3.8) is 0 Å². The number of nitrogens with one attached hydrogen (secondary N) is 2. The summed E-state index contributed by atoms with van der Waals surface area (Å²) < 4.78 is 0. The summed E-state index contributed by atoms with van der Waals surface area (Å²) in [5, 5.41) is 7.74. The highest BCUT2D eigenvalue weighted by Gasteiger charge is 2.03. The van der Waals surface area contributed by atoms with E-state index in [0.29, 0.717) is 0 Å². The molecule has 0 atom stereocenters. The van der Waals surface area contributed by atoms with Crippen molar-refractivity contribution in [2.45, 2.75) is 0 Å². The predicted molar refractivity (Wildman–Crippen MR) is 99.0 cm³/mol. The number of fused-ring (bicyclic) bond motifs is 1. The van der Waals surface area contributed by atoms with Crippen molar-refractivity contribution in [2.24, 2.45) is 0 Å². The van der Waals surface area contributed by atoms with Crippen LogP contribution in [0, 0.1) is 0 Å². The van der Waals surface area contributed by atoms with Crippen LogP contribution in [0.5, 0.6) is 0 Å². The molecule has 0 spiro atoms. The Morgan fingerprint density at radius 2 is 1.17 bits per heavy atom. The summed E-state index contributed by atoms with van der Waals surface area (Å²) in [5.74, 6) is 0.810. The summed E-state index contributed by atoms with van der Waals surface area (Å²) in [6.07, 6.45) is 1.58. The van der Waals surface area contributed by atoms with E-state index in [1.165, 1.54) is 0 Å². The van der Waals surface area contributed by atoms with Crippen molar-refractivity contribution >= 4 is 33.8 Å². The van der Waals surface area contributed by atoms with Gasteiger partial charge in [0.05, 0.1) is 5.52 Å². The monoisotopic (exact) mass is 312 g/mol. The summed E-state index contributed by atoms with van der Waals surface area (Å²) in [7, 11) is 0. The third kappa shape index (κ3) is 3.03. The minimum Gasteiger partial charge on any atom is -0.356 e. The average molecular weight is 312 g/mol. The Hall–Kier alpha value is -3.40. The largest absolute Gasteiger partial charge is 0.356 e. The normalized spacial score (nSPS) is 10.5. The number of hydrogen-bond acceptors (Lipinski definition) is 4. The first kappa shape index (κ1) is 14.2. The molecule has 0 aliphatic carbocycles. The zero-order chi connectivity index (χ0) is 16.2. The van der Waals surface area contributed by atoms with Crippen molar-refractivity contribution in [1.82, 2.24) is 9.97 Å². The highest BCUT2D eigenvalue weighted by Crippen LogP contribution is 2.24. The van der Waals surface area contributed by atoms with E-state index >= 15 is 0 Å². The first-order chi connectivity index (χ1) is 11.9. The lowest BCUT2D eigenvalue weighted by molar-refractivity contribution is 1.22. The molecule has 0 bridgehead atoms. The maximum Gasteiger partial charge on any atom is 0.141 e. The fourth-order valence-corrected chi connectivity index (χ4v) is 2.57. The van der Waals surface area contributed by atoms with Gasteiger partial charge in [-0.25, -0.2) is 9.97 Å². The predicted octanol–water partition coefficient (Wildman–Crippen LogP) is 5.12. The van der Waals surface area contributed by atoms with Gasteiger partial charge in [0, 0.05) is 22.4 Å². The van der Waals surface area contributed by atoms with Crippen LogP contribution in [0.1, 0.15) is 0 Å². The lowest BCUT2D eigenvalue weighted by atomic mass is 10.2. The molecule has 0 saturated carbocycles. The van der Waals surface area contributed by atoms with E-state index in [1.807, 2.05) is 78.9 Å². The van der Waals surface area contributed by atoms with Gasteiger partial charge in [-0.05, 0) is 48.5 Å². The quantitative estimate of drug-likeness (QED) is 0.549. The van der Waals surface area contributed by atoms with Crippen molar-refractivity contribution in [2.75, 3.05) is 10.6 Å². The second kappa shape index (κ2) is 6.38. The standard InChI is InChI=1S/C20H16N4/c1-2-6-15(7-3-1)23-16-10-12-17(13-11-16)24-20-18-8-4-5-9-19(18)21-14-22-20/h1-14,23H,(H,21,22,24). The lowest BCUT2D eigenvalue weighted by Crippen LogP contribution is -1.96. The molecule has 4 nitrogen and oxygen atoms in total. The maximum absolute atomic E-state index is 4.35. The zero-order valence-electron chi connectivity index (χ0n) is 13.0. The second-order valence-corrected chi connectivity index (χ2v) is 5.43. The van der Waals surface area contributed by atoms with E-state index in [0.717, 1.165) is 33.8 Å². The van der Waals surface area contributed by atoms with Gasteiger partial charge in [0.25, 0.3) is 0 Å². The smallest absolute Gasteiger partial charge is 0.141 e. The lowest BCUT2D eigenvalue weighted by Gasteiger charge is -2.10. The third-order valence-electron chi connectivity index (χ3n) is 3.75. The van der Waals surface area contributed by atoms with Crippen molar-refractivity contribution < 1.29 is 0 Å². The van der Waals surface area contributed by atoms with Crippen molar-refractivity contribution in [3.05, 3.63) is 85.2 Å². The van der Waals surface area contributed by atoms with Gasteiger partial charge in [-0.3, -0.25) is 0 Å². The molecule has 1 aromatic heterocycles. The minimum absolute atomic E-state index is 0.810. The first-order valence-corrected chi connectivity index (χ1v) is 7.77. The van der Waals surface area contributed by atoms with Crippen LogP contribution in [0.25, 0.3) is 10.9 Å². The summed E-state index contributed by atoms with van der Waals surface area (Å²) in [5.41, 5.74) is 4.02. The molecule has 0 unspecified atom stereocenters. The van der Waals surface area contributed by atoms with Crippen LogP contribution in [0.15, 0.2) is 85.2 Å². The highest BCUT2D eigenvalue weighted by molar-refractivity contribution is 5.90. The summed E-state index contributed by atoms with van der Waals surface area (Å²) in [6, 6.07) is 26.2. The van der Waals surface area contributed by atoms with Gasteiger partial charge in [-0.1, -0.05) is 30.3 Å². The van der Waals surface area contributed by atoms with Crippen LogP contribution < -0.4 is 10.6 Å².